The largest absolute Gasteiger partial charge is 0.507 e. The molecule has 3 nitrogen and oxygen atoms in total. The maximum atomic E-state index is 12.3. The van der Waals surface area contributed by atoms with Gasteiger partial charge in [-0.2, -0.15) is 0 Å². The highest BCUT2D eigenvalue weighted by molar-refractivity contribution is 5.96. The third-order valence-electron chi connectivity index (χ3n) is 4.53. The predicted octanol–water partition coefficient (Wildman–Crippen LogP) is 4.04. The quantitative estimate of drug-likeness (QED) is 0.859. The van der Waals surface area contributed by atoms with Gasteiger partial charge in [-0.1, -0.05) is 32.8 Å². The van der Waals surface area contributed by atoms with E-state index in [4.69, 9.17) is 0 Å². The van der Waals surface area contributed by atoms with Gasteiger partial charge in [-0.05, 0) is 55.2 Å². The second kappa shape index (κ2) is 6.50. The monoisotopic (exact) mass is 289 g/mol. The summed E-state index contributed by atoms with van der Waals surface area (Å²) in [6.45, 7) is 7.11. The molecule has 0 aliphatic heterocycles. The lowest BCUT2D eigenvalue weighted by molar-refractivity contribution is 0.0919. The molecule has 1 amide bonds. The van der Waals surface area contributed by atoms with Crippen LogP contribution in [0.25, 0.3) is 0 Å². The number of hydrogen-bond donors (Lipinski definition) is 2. The highest BCUT2D eigenvalue weighted by Gasteiger charge is 2.34. The van der Waals surface area contributed by atoms with Crippen molar-refractivity contribution < 1.29 is 9.90 Å². The molecule has 0 atom stereocenters. The van der Waals surface area contributed by atoms with E-state index in [-0.39, 0.29) is 17.1 Å². The minimum absolute atomic E-state index is 0.0665. The number of aromatic hydroxyl groups is 1. The Morgan fingerprint density at radius 3 is 2.57 bits per heavy atom. The molecule has 3 heteroatoms. The van der Waals surface area contributed by atoms with Gasteiger partial charge < -0.3 is 10.4 Å². The molecule has 2 N–H and O–H groups in total. The number of hydrogen-bond acceptors (Lipinski definition) is 2. The van der Waals surface area contributed by atoms with E-state index >= 15 is 0 Å². The topological polar surface area (TPSA) is 49.3 Å². The molecular formula is C18H27NO2. The van der Waals surface area contributed by atoms with E-state index in [1.165, 1.54) is 25.7 Å². The number of rotatable bonds is 5. The molecule has 116 valence electrons. The minimum atomic E-state index is -0.164. The van der Waals surface area contributed by atoms with Gasteiger partial charge in [0.05, 0.1) is 5.56 Å². The van der Waals surface area contributed by atoms with Crippen molar-refractivity contribution in [1.29, 1.82) is 0 Å². The molecule has 0 aromatic heterocycles. The van der Waals surface area contributed by atoms with Gasteiger partial charge in [0, 0.05) is 6.54 Å². The maximum absolute atomic E-state index is 12.3. The molecule has 1 saturated carbocycles. The number of aryl methyl sites for hydroxylation is 1. The van der Waals surface area contributed by atoms with Crippen molar-refractivity contribution in [2.75, 3.05) is 6.54 Å². The van der Waals surface area contributed by atoms with Crippen LogP contribution in [0.5, 0.6) is 5.75 Å². The van der Waals surface area contributed by atoms with Crippen LogP contribution in [0.3, 0.4) is 0 Å². The van der Waals surface area contributed by atoms with E-state index < -0.39 is 0 Å². The van der Waals surface area contributed by atoms with Gasteiger partial charge in [0.1, 0.15) is 5.75 Å². The van der Waals surface area contributed by atoms with Crippen LogP contribution in [0.4, 0.5) is 0 Å². The van der Waals surface area contributed by atoms with Crippen molar-refractivity contribution in [1.82, 2.24) is 5.32 Å². The van der Waals surface area contributed by atoms with Gasteiger partial charge in [0.2, 0.25) is 0 Å². The zero-order valence-electron chi connectivity index (χ0n) is 13.4. The van der Waals surface area contributed by atoms with Crippen LogP contribution in [0, 0.1) is 18.3 Å². The Bertz CT molecular complexity index is 502. The fourth-order valence-electron chi connectivity index (χ4n) is 3.64. The first kappa shape index (κ1) is 15.9. The number of phenolic OH excluding ortho intramolecular Hbond substituents is 1. The van der Waals surface area contributed by atoms with E-state index in [0.717, 1.165) is 18.5 Å². The lowest BCUT2D eigenvalue weighted by Crippen LogP contribution is -2.36. The molecule has 0 saturated heterocycles. The Kier molecular flexibility index (Phi) is 4.92. The highest BCUT2D eigenvalue weighted by atomic mass is 16.3. The number of phenols is 1. The van der Waals surface area contributed by atoms with Crippen molar-refractivity contribution in [2.45, 2.75) is 52.9 Å². The lowest BCUT2D eigenvalue weighted by atomic mass is 9.78. The molecular weight excluding hydrogens is 262 g/mol. The molecule has 1 fully saturated rings. The van der Waals surface area contributed by atoms with Crippen LogP contribution in [0.1, 0.15) is 61.9 Å². The summed E-state index contributed by atoms with van der Waals surface area (Å²) >= 11 is 0. The normalized spacial score (nSPS) is 17.1. The van der Waals surface area contributed by atoms with Crippen molar-refractivity contribution in [2.24, 2.45) is 11.3 Å². The highest BCUT2D eigenvalue weighted by Crippen LogP contribution is 2.42. The zero-order chi connectivity index (χ0) is 15.5. The van der Waals surface area contributed by atoms with Gasteiger partial charge in [-0.25, -0.2) is 0 Å². The molecule has 0 spiro atoms. The van der Waals surface area contributed by atoms with E-state index in [9.17, 15) is 9.90 Å². The number of benzene rings is 1. The van der Waals surface area contributed by atoms with E-state index in [1.54, 1.807) is 12.1 Å². The van der Waals surface area contributed by atoms with Crippen LogP contribution < -0.4 is 5.32 Å². The van der Waals surface area contributed by atoms with Gasteiger partial charge in [-0.3, -0.25) is 4.79 Å². The fourth-order valence-corrected chi connectivity index (χ4v) is 3.64. The summed E-state index contributed by atoms with van der Waals surface area (Å²) < 4.78 is 0. The molecule has 2 rings (SSSR count). The molecule has 1 aliphatic rings. The fraction of sp³-hybridized carbons (Fsp3) is 0.611. The van der Waals surface area contributed by atoms with Crippen molar-refractivity contribution in [3.05, 3.63) is 29.3 Å². The Labute approximate surface area is 127 Å². The summed E-state index contributed by atoms with van der Waals surface area (Å²) in [4.78, 5) is 12.3. The van der Waals surface area contributed by atoms with Crippen molar-refractivity contribution in [3.63, 3.8) is 0 Å². The van der Waals surface area contributed by atoms with Gasteiger partial charge >= 0.3 is 0 Å². The second-order valence-electron chi connectivity index (χ2n) is 7.01. The average Bonchev–Trinajstić information content (AvgIpc) is 2.84. The molecule has 0 unspecified atom stereocenters. The smallest absolute Gasteiger partial charge is 0.255 e. The van der Waals surface area contributed by atoms with E-state index in [1.807, 2.05) is 13.0 Å². The molecule has 0 radical (unpaired) electrons. The van der Waals surface area contributed by atoms with Crippen LogP contribution in [0.15, 0.2) is 18.2 Å². The Morgan fingerprint density at radius 1 is 1.33 bits per heavy atom. The van der Waals surface area contributed by atoms with Gasteiger partial charge in [-0.15, -0.1) is 0 Å². The standard InChI is InChI=1S/C18H27NO2/c1-13(2)11-18(8-4-5-9-18)12-19-17(21)15-7-6-14(3)10-16(15)20/h6-7,10,13,20H,4-5,8-9,11-12H2,1-3H3,(H,19,21). The van der Waals surface area contributed by atoms with E-state index in [2.05, 4.69) is 19.2 Å². The third kappa shape index (κ3) is 3.99. The SMILES string of the molecule is Cc1ccc(C(=O)NCC2(CC(C)C)CCCC2)c(O)c1. The molecule has 0 heterocycles. The summed E-state index contributed by atoms with van der Waals surface area (Å²) in [5, 5.41) is 13.0. The minimum Gasteiger partial charge on any atom is -0.507 e. The van der Waals surface area contributed by atoms with Crippen LogP contribution in [-0.2, 0) is 0 Å². The Balaban J connectivity index is 2.02. The number of nitrogens with one attached hydrogen (secondary N) is 1. The van der Waals surface area contributed by atoms with Crippen LogP contribution in [0.2, 0.25) is 0 Å². The Morgan fingerprint density at radius 2 is 2.00 bits per heavy atom. The summed E-state index contributed by atoms with van der Waals surface area (Å²) in [7, 11) is 0. The number of carbonyl (C=O) groups is 1. The molecule has 1 aromatic carbocycles. The van der Waals surface area contributed by atoms with Crippen LogP contribution in [-0.4, -0.2) is 17.6 Å². The summed E-state index contributed by atoms with van der Waals surface area (Å²) in [6.07, 6.45) is 6.08. The van der Waals surface area contributed by atoms with Crippen LogP contribution >= 0.6 is 0 Å². The molecule has 21 heavy (non-hydrogen) atoms. The average molecular weight is 289 g/mol. The molecule has 1 aliphatic carbocycles. The van der Waals surface area contributed by atoms with Gasteiger partial charge in [0.15, 0.2) is 0 Å². The first-order valence-electron chi connectivity index (χ1n) is 8.00. The summed E-state index contributed by atoms with van der Waals surface area (Å²) in [5.74, 6) is 0.548. The number of carbonyl (C=O) groups excluding carboxylic acids is 1. The van der Waals surface area contributed by atoms with Crippen molar-refractivity contribution in [3.8, 4) is 5.75 Å². The summed E-state index contributed by atoms with van der Waals surface area (Å²) in [5.41, 5.74) is 1.58. The third-order valence-corrected chi connectivity index (χ3v) is 4.53. The zero-order valence-corrected chi connectivity index (χ0v) is 13.4. The predicted molar refractivity (Wildman–Crippen MR) is 85.5 cm³/mol. The first-order chi connectivity index (χ1) is 9.92. The first-order valence-corrected chi connectivity index (χ1v) is 8.00. The van der Waals surface area contributed by atoms with Crippen molar-refractivity contribution >= 4 is 5.91 Å². The summed E-state index contributed by atoms with van der Waals surface area (Å²) in [6, 6.07) is 5.19. The van der Waals surface area contributed by atoms with Gasteiger partial charge in [0.25, 0.3) is 5.91 Å². The number of amides is 1. The molecule has 1 aromatic rings. The maximum Gasteiger partial charge on any atom is 0.255 e. The lowest BCUT2D eigenvalue weighted by Gasteiger charge is -2.31. The Hall–Kier alpha value is -1.51. The molecule has 0 bridgehead atoms. The van der Waals surface area contributed by atoms with E-state index in [0.29, 0.717) is 11.5 Å². The second-order valence-corrected chi connectivity index (χ2v) is 7.01.